The number of carbonyl (C=O) groups excluding carboxylic acids is 3. The molecule has 6 nitrogen and oxygen atoms in total. The van der Waals surface area contributed by atoms with Crippen molar-refractivity contribution in [2.24, 2.45) is 0 Å². The van der Waals surface area contributed by atoms with Gasteiger partial charge in [-0.05, 0) is 42.8 Å². The Kier molecular flexibility index (Phi) is 6.95. The zero-order valence-electron chi connectivity index (χ0n) is 16.4. The quantitative estimate of drug-likeness (QED) is 0.452. The fraction of sp³-hybridized carbons (Fsp3) is 0.125. The Labute approximate surface area is 174 Å². The number of ether oxygens (including phenoxy) is 2. The van der Waals surface area contributed by atoms with Gasteiger partial charge in [0.05, 0.1) is 0 Å². The lowest BCUT2D eigenvalue weighted by Gasteiger charge is -2.16. The fourth-order valence-corrected chi connectivity index (χ4v) is 2.77. The predicted octanol–water partition coefficient (Wildman–Crippen LogP) is 4.12. The van der Waals surface area contributed by atoms with E-state index in [1.165, 1.54) is 6.92 Å². The molecule has 0 fully saturated rings. The number of benzene rings is 3. The maximum absolute atomic E-state index is 12.5. The number of nitrogens with one attached hydrogen (secondary N) is 1. The SMILES string of the molecule is C[C@@H](OC(=O)COc1ccc(C=O)cc1)C(=O)Nc1ccccc1-c1ccccc1. The smallest absolute Gasteiger partial charge is 0.344 e. The fourth-order valence-electron chi connectivity index (χ4n) is 2.77. The third-order valence-corrected chi connectivity index (χ3v) is 4.32. The van der Waals surface area contributed by atoms with E-state index in [0.29, 0.717) is 23.3 Å². The summed E-state index contributed by atoms with van der Waals surface area (Å²) < 4.78 is 10.5. The number of hydrogen-bond acceptors (Lipinski definition) is 5. The van der Waals surface area contributed by atoms with E-state index in [0.717, 1.165) is 11.1 Å². The number of anilines is 1. The molecule has 1 amide bonds. The highest BCUT2D eigenvalue weighted by atomic mass is 16.6. The van der Waals surface area contributed by atoms with Crippen LogP contribution in [0.3, 0.4) is 0 Å². The van der Waals surface area contributed by atoms with Crippen LogP contribution >= 0.6 is 0 Å². The Balaban J connectivity index is 1.56. The minimum absolute atomic E-state index is 0.349. The maximum Gasteiger partial charge on any atom is 0.344 e. The molecule has 0 unspecified atom stereocenters. The van der Waals surface area contributed by atoms with Crippen LogP contribution in [0, 0.1) is 0 Å². The normalized spacial score (nSPS) is 11.2. The monoisotopic (exact) mass is 403 g/mol. The molecule has 3 rings (SSSR count). The minimum Gasteiger partial charge on any atom is -0.482 e. The molecule has 152 valence electrons. The standard InChI is InChI=1S/C24H21NO5/c1-17(30-23(27)16-29-20-13-11-18(15-26)12-14-20)24(28)25-22-10-6-5-9-21(22)19-7-3-2-4-8-19/h2-15,17H,16H2,1H3,(H,25,28)/t17-/m1/s1. The van der Waals surface area contributed by atoms with E-state index < -0.39 is 18.0 Å². The number of carbonyl (C=O) groups is 3. The second kappa shape index (κ2) is 10.0. The Bertz CT molecular complexity index is 1020. The average molecular weight is 403 g/mol. The van der Waals surface area contributed by atoms with Gasteiger partial charge in [0, 0.05) is 16.8 Å². The number of aldehydes is 1. The van der Waals surface area contributed by atoms with Crippen molar-refractivity contribution < 1.29 is 23.9 Å². The van der Waals surface area contributed by atoms with E-state index in [1.54, 1.807) is 30.3 Å². The van der Waals surface area contributed by atoms with E-state index in [9.17, 15) is 14.4 Å². The summed E-state index contributed by atoms with van der Waals surface area (Å²) in [6, 6.07) is 23.4. The van der Waals surface area contributed by atoms with Crippen molar-refractivity contribution >= 4 is 23.9 Å². The molecule has 0 spiro atoms. The first kappa shape index (κ1) is 20.8. The Morgan fingerprint density at radius 2 is 1.60 bits per heavy atom. The van der Waals surface area contributed by atoms with Gasteiger partial charge in [-0.2, -0.15) is 0 Å². The van der Waals surface area contributed by atoms with Crippen molar-refractivity contribution in [2.45, 2.75) is 13.0 Å². The van der Waals surface area contributed by atoms with Crippen LogP contribution in [0.5, 0.6) is 5.75 Å². The zero-order valence-corrected chi connectivity index (χ0v) is 16.4. The summed E-state index contributed by atoms with van der Waals surface area (Å²) in [6.07, 6.45) is -0.281. The number of amides is 1. The summed E-state index contributed by atoms with van der Waals surface area (Å²) >= 11 is 0. The van der Waals surface area contributed by atoms with Crippen LogP contribution in [0.1, 0.15) is 17.3 Å². The van der Waals surface area contributed by atoms with Crippen molar-refractivity contribution in [3.05, 3.63) is 84.4 Å². The molecule has 0 heterocycles. The second-order valence-electron chi connectivity index (χ2n) is 6.51. The van der Waals surface area contributed by atoms with Gasteiger partial charge in [0.25, 0.3) is 5.91 Å². The van der Waals surface area contributed by atoms with E-state index in [4.69, 9.17) is 9.47 Å². The first-order valence-corrected chi connectivity index (χ1v) is 9.39. The molecule has 1 atom stereocenters. The van der Waals surface area contributed by atoms with Gasteiger partial charge < -0.3 is 14.8 Å². The van der Waals surface area contributed by atoms with E-state index in [2.05, 4.69) is 5.32 Å². The predicted molar refractivity (Wildman–Crippen MR) is 113 cm³/mol. The topological polar surface area (TPSA) is 81.7 Å². The molecule has 30 heavy (non-hydrogen) atoms. The largest absolute Gasteiger partial charge is 0.482 e. The summed E-state index contributed by atoms with van der Waals surface area (Å²) in [7, 11) is 0. The van der Waals surface area contributed by atoms with Crippen molar-refractivity contribution in [3.63, 3.8) is 0 Å². The molecule has 3 aromatic carbocycles. The number of hydrogen-bond donors (Lipinski definition) is 1. The lowest BCUT2D eigenvalue weighted by Crippen LogP contribution is -2.31. The molecule has 0 aliphatic carbocycles. The number of rotatable bonds is 8. The second-order valence-corrected chi connectivity index (χ2v) is 6.51. The van der Waals surface area contributed by atoms with Crippen LogP contribution in [0.25, 0.3) is 11.1 Å². The molecule has 3 aromatic rings. The van der Waals surface area contributed by atoms with Crippen LogP contribution in [-0.2, 0) is 14.3 Å². The van der Waals surface area contributed by atoms with Gasteiger partial charge in [-0.3, -0.25) is 9.59 Å². The molecule has 0 saturated heterocycles. The van der Waals surface area contributed by atoms with Crippen molar-refractivity contribution in [1.29, 1.82) is 0 Å². The molecule has 1 N–H and O–H groups in total. The van der Waals surface area contributed by atoms with Crippen LogP contribution < -0.4 is 10.1 Å². The molecule has 6 heteroatoms. The van der Waals surface area contributed by atoms with Gasteiger partial charge in [-0.25, -0.2) is 4.79 Å². The van der Waals surface area contributed by atoms with Crippen molar-refractivity contribution in [3.8, 4) is 16.9 Å². The summed E-state index contributed by atoms with van der Waals surface area (Å²) in [4.78, 5) is 35.2. The van der Waals surface area contributed by atoms with Crippen LogP contribution in [0.4, 0.5) is 5.69 Å². The first-order chi connectivity index (χ1) is 14.6. The third-order valence-electron chi connectivity index (χ3n) is 4.32. The highest BCUT2D eigenvalue weighted by Gasteiger charge is 2.19. The van der Waals surface area contributed by atoms with Gasteiger partial charge in [0.15, 0.2) is 12.7 Å². The van der Waals surface area contributed by atoms with E-state index in [-0.39, 0.29) is 6.61 Å². The summed E-state index contributed by atoms with van der Waals surface area (Å²) in [5.41, 5.74) is 2.97. The minimum atomic E-state index is -0.998. The van der Waals surface area contributed by atoms with Gasteiger partial charge in [-0.15, -0.1) is 0 Å². The van der Waals surface area contributed by atoms with Gasteiger partial charge in [-0.1, -0.05) is 48.5 Å². The molecule has 0 aromatic heterocycles. The summed E-state index contributed by atoms with van der Waals surface area (Å²) in [5, 5.41) is 2.81. The van der Waals surface area contributed by atoms with E-state index >= 15 is 0 Å². The van der Waals surface area contributed by atoms with Crippen LogP contribution in [0.15, 0.2) is 78.9 Å². The molecular formula is C24H21NO5. The number of esters is 1. The Hall–Kier alpha value is -3.93. The Morgan fingerprint density at radius 1 is 0.933 bits per heavy atom. The van der Waals surface area contributed by atoms with E-state index in [1.807, 2.05) is 48.5 Å². The third kappa shape index (κ3) is 5.54. The van der Waals surface area contributed by atoms with Crippen LogP contribution in [-0.4, -0.2) is 30.9 Å². The number of para-hydroxylation sites is 1. The lowest BCUT2D eigenvalue weighted by molar-refractivity contribution is -0.155. The van der Waals surface area contributed by atoms with Crippen molar-refractivity contribution in [1.82, 2.24) is 0 Å². The molecule has 0 aliphatic heterocycles. The molecule has 0 saturated carbocycles. The highest BCUT2D eigenvalue weighted by molar-refractivity contribution is 5.98. The first-order valence-electron chi connectivity index (χ1n) is 9.39. The van der Waals surface area contributed by atoms with Crippen molar-refractivity contribution in [2.75, 3.05) is 11.9 Å². The molecule has 0 bridgehead atoms. The van der Waals surface area contributed by atoms with Crippen LogP contribution in [0.2, 0.25) is 0 Å². The lowest BCUT2D eigenvalue weighted by atomic mass is 10.0. The van der Waals surface area contributed by atoms with Gasteiger partial charge in [0.2, 0.25) is 0 Å². The average Bonchev–Trinajstić information content (AvgIpc) is 2.79. The molecule has 0 aliphatic rings. The Morgan fingerprint density at radius 3 is 2.30 bits per heavy atom. The van der Waals surface area contributed by atoms with Gasteiger partial charge >= 0.3 is 5.97 Å². The zero-order chi connectivity index (χ0) is 21.3. The molecule has 0 radical (unpaired) electrons. The molecular weight excluding hydrogens is 382 g/mol. The maximum atomic E-state index is 12.5. The highest BCUT2D eigenvalue weighted by Crippen LogP contribution is 2.27. The summed E-state index contributed by atoms with van der Waals surface area (Å²) in [5.74, 6) is -0.693. The summed E-state index contributed by atoms with van der Waals surface area (Å²) in [6.45, 7) is 1.15. The van der Waals surface area contributed by atoms with Gasteiger partial charge in [0.1, 0.15) is 12.0 Å².